The molecule has 0 aromatic carbocycles. The van der Waals surface area contributed by atoms with Crippen LogP contribution in [0.4, 0.5) is 19.6 Å². The molecule has 1 aromatic rings. The fourth-order valence-corrected chi connectivity index (χ4v) is 4.92. The van der Waals surface area contributed by atoms with Gasteiger partial charge in [-0.1, -0.05) is 0 Å². The number of nitrogens with two attached hydrogens (primary N) is 1. The van der Waals surface area contributed by atoms with Crippen LogP contribution in [-0.2, 0) is 9.84 Å². The predicted molar refractivity (Wildman–Crippen MR) is 72.0 cm³/mol. The highest BCUT2D eigenvalue weighted by Gasteiger charge is 2.41. The van der Waals surface area contributed by atoms with E-state index in [1.165, 1.54) is 0 Å². The molecule has 10 heteroatoms. The Balaban J connectivity index is 2.40. The quantitative estimate of drug-likeness (QED) is 0.766. The lowest BCUT2D eigenvalue weighted by Gasteiger charge is -2.22. The van der Waals surface area contributed by atoms with Gasteiger partial charge in [0.05, 0.1) is 18.4 Å². The van der Waals surface area contributed by atoms with E-state index < -0.39 is 28.1 Å². The van der Waals surface area contributed by atoms with Gasteiger partial charge in [-0.2, -0.15) is 4.37 Å². The molecule has 1 aliphatic rings. The first-order valence-electron chi connectivity index (χ1n) is 6.01. The van der Waals surface area contributed by atoms with Gasteiger partial charge in [-0.3, -0.25) is 0 Å². The van der Waals surface area contributed by atoms with Gasteiger partial charge in [0.25, 0.3) is 6.43 Å². The second-order valence-electron chi connectivity index (χ2n) is 4.51. The average Bonchev–Trinajstić information content (AvgIpc) is 3.12. The lowest BCUT2D eigenvalue weighted by Crippen LogP contribution is -2.32. The first kappa shape index (κ1) is 15.4. The summed E-state index contributed by atoms with van der Waals surface area (Å²) < 4.78 is 53.5. The summed E-state index contributed by atoms with van der Waals surface area (Å²) in [5.74, 6) is -0.158. The molecule has 0 saturated heterocycles. The molecule has 0 atom stereocenters. The fourth-order valence-electron chi connectivity index (χ4n) is 1.86. The lowest BCUT2D eigenvalue weighted by atomic mass is 10.4. The number of nitrogen functional groups attached to an aromatic ring is 1. The van der Waals surface area contributed by atoms with E-state index in [0.717, 1.165) is 16.4 Å². The Morgan fingerprint density at radius 1 is 1.50 bits per heavy atom. The first-order valence-corrected chi connectivity index (χ1v) is 8.33. The maximum Gasteiger partial charge on any atom is 0.255 e. The molecular formula is C10H15F2N3O3S2. The highest BCUT2D eigenvalue weighted by Crippen LogP contribution is 2.42. The van der Waals surface area contributed by atoms with E-state index in [9.17, 15) is 17.2 Å². The van der Waals surface area contributed by atoms with Gasteiger partial charge in [0, 0.05) is 6.54 Å². The molecule has 114 valence electrons. The third kappa shape index (κ3) is 3.01. The molecule has 1 aromatic heterocycles. The van der Waals surface area contributed by atoms with Gasteiger partial charge in [-0.05, 0) is 24.4 Å². The van der Waals surface area contributed by atoms with Gasteiger partial charge >= 0.3 is 0 Å². The van der Waals surface area contributed by atoms with Crippen molar-refractivity contribution in [2.24, 2.45) is 0 Å². The molecule has 1 saturated carbocycles. The molecule has 20 heavy (non-hydrogen) atoms. The van der Waals surface area contributed by atoms with E-state index in [-0.39, 0.29) is 28.9 Å². The van der Waals surface area contributed by atoms with Crippen LogP contribution >= 0.6 is 11.5 Å². The van der Waals surface area contributed by atoms with E-state index >= 15 is 0 Å². The molecule has 1 fully saturated rings. The van der Waals surface area contributed by atoms with E-state index in [2.05, 4.69) is 4.37 Å². The summed E-state index contributed by atoms with van der Waals surface area (Å²) in [5.41, 5.74) is 5.60. The summed E-state index contributed by atoms with van der Waals surface area (Å²) in [4.78, 5) is 0.952. The van der Waals surface area contributed by atoms with Gasteiger partial charge in [0.15, 0.2) is 15.7 Å². The second-order valence-corrected chi connectivity index (χ2v) is 7.42. The summed E-state index contributed by atoms with van der Waals surface area (Å²) in [6.07, 6.45) is -1.56. The number of rotatable bonds is 7. The van der Waals surface area contributed by atoms with Gasteiger partial charge < -0.3 is 15.7 Å². The molecule has 0 radical (unpaired) electrons. The van der Waals surface area contributed by atoms with Crippen molar-refractivity contribution in [1.82, 2.24) is 4.37 Å². The molecular weight excluding hydrogens is 312 g/mol. The molecule has 1 heterocycles. The predicted octanol–water partition coefficient (Wildman–Crippen LogP) is 0.725. The van der Waals surface area contributed by atoms with Crippen LogP contribution < -0.4 is 10.6 Å². The van der Waals surface area contributed by atoms with Crippen LogP contribution in [0, 0.1) is 0 Å². The van der Waals surface area contributed by atoms with Crippen molar-refractivity contribution in [3.63, 3.8) is 0 Å². The number of aromatic nitrogens is 1. The number of aliphatic hydroxyl groups excluding tert-OH is 1. The average molecular weight is 327 g/mol. The summed E-state index contributed by atoms with van der Waals surface area (Å²) in [6.45, 7) is -1.14. The van der Waals surface area contributed by atoms with Gasteiger partial charge in [-0.25, -0.2) is 17.2 Å². The Bertz CT molecular complexity index is 572. The van der Waals surface area contributed by atoms with Crippen molar-refractivity contribution in [2.75, 3.05) is 30.3 Å². The minimum absolute atomic E-state index is 0.0868. The Morgan fingerprint density at radius 3 is 2.65 bits per heavy atom. The van der Waals surface area contributed by atoms with Crippen LogP contribution in [-0.4, -0.2) is 49.3 Å². The molecule has 2 rings (SSSR count). The molecule has 6 nitrogen and oxygen atoms in total. The molecule has 0 bridgehead atoms. The van der Waals surface area contributed by atoms with Crippen molar-refractivity contribution in [1.29, 1.82) is 0 Å². The zero-order chi connectivity index (χ0) is 14.9. The first-order chi connectivity index (χ1) is 9.37. The molecule has 0 unspecified atom stereocenters. The van der Waals surface area contributed by atoms with Crippen molar-refractivity contribution in [3.05, 3.63) is 0 Å². The van der Waals surface area contributed by atoms with E-state index in [1.807, 2.05) is 0 Å². The number of halogens is 2. The zero-order valence-corrected chi connectivity index (χ0v) is 12.1. The van der Waals surface area contributed by atoms with E-state index in [4.69, 9.17) is 10.8 Å². The summed E-state index contributed by atoms with van der Waals surface area (Å²) in [6, 6.07) is 0. The SMILES string of the molecule is Nc1nsc(N(CCO)CC(F)F)c1S(=O)(=O)C1CC1. The minimum atomic E-state index is -3.63. The standard InChI is InChI=1S/C10H15F2N3O3S2/c11-7(12)5-15(3-4-16)10-8(9(13)14-19-10)20(17,18)6-1-2-6/h6-7,16H,1-5H2,(H2,13,14). The van der Waals surface area contributed by atoms with Crippen molar-refractivity contribution in [2.45, 2.75) is 29.4 Å². The topological polar surface area (TPSA) is 96.5 Å². The van der Waals surface area contributed by atoms with Gasteiger partial charge in [0.2, 0.25) is 0 Å². The fraction of sp³-hybridized carbons (Fsp3) is 0.700. The number of nitrogens with zero attached hydrogens (tertiary/aromatic N) is 2. The number of hydrogen-bond donors (Lipinski definition) is 2. The van der Waals surface area contributed by atoms with Gasteiger partial charge in [-0.15, -0.1) is 0 Å². The number of anilines is 2. The van der Waals surface area contributed by atoms with Crippen molar-refractivity contribution in [3.8, 4) is 0 Å². The Morgan fingerprint density at radius 2 is 2.15 bits per heavy atom. The number of aliphatic hydroxyl groups is 1. The normalized spacial score (nSPS) is 15.8. The number of hydrogen-bond acceptors (Lipinski definition) is 7. The van der Waals surface area contributed by atoms with Crippen LogP contribution in [0.25, 0.3) is 0 Å². The maximum absolute atomic E-state index is 12.6. The Labute approximate surface area is 119 Å². The van der Waals surface area contributed by atoms with Crippen LogP contribution in [0.5, 0.6) is 0 Å². The monoisotopic (exact) mass is 327 g/mol. The Hall–Kier alpha value is -1.00. The van der Waals surface area contributed by atoms with Crippen LogP contribution in [0.2, 0.25) is 0 Å². The third-order valence-electron chi connectivity index (χ3n) is 2.92. The van der Waals surface area contributed by atoms with Gasteiger partial charge in [0.1, 0.15) is 9.90 Å². The second kappa shape index (κ2) is 5.78. The molecule has 3 N–H and O–H groups in total. The summed E-state index contributed by atoms with van der Waals surface area (Å²) in [7, 11) is -3.63. The zero-order valence-electron chi connectivity index (χ0n) is 10.5. The van der Waals surface area contributed by atoms with E-state index in [0.29, 0.717) is 12.8 Å². The highest BCUT2D eigenvalue weighted by atomic mass is 32.2. The minimum Gasteiger partial charge on any atom is -0.395 e. The summed E-state index contributed by atoms with van der Waals surface area (Å²) >= 11 is 0.766. The largest absolute Gasteiger partial charge is 0.395 e. The number of sulfone groups is 1. The lowest BCUT2D eigenvalue weighted by molar-refractivity contribution is 0.153. The maximum atomic E-state index is 12.6. The van der Waals surface area contributed by atoms with Crippen molar-refractivity contribution >= 4 is 32.2 Å². The smallest absolute Gasteiger partial charge is 0.255 e. The summed E-state index contributed by atoms with van der Waals surface area (Å²) in [5, 5.41) is 8.54. The van der Waals surface area contributed by atoms with Crippen LogP contribution in [0.15, 0.2) is 4.90 Å². The van der Waals surface area contributed by atoms with Crippen LogP contribution in [0.3, 0.4) is 0 Å². The van der Waals surface area contributed by atoms with Crippen LogP contribution in [0.1, 0.15) is 12.8 Å². The number of alkyl halides is 2. The molecule has 0 aliphatic heterocycles. The third-order valence-corrected chi connectivity index (χ3v) is 6.29. The van der Waals surface area contributed by atoms with E-state index in [1.54, 1.807) is 0 Å². The van der Waals surface area contributed by atoms with Crippen molar-refractivity contribution < 1.29 is 22.3 Å². The molecule has 0 amide bonds. The molecule has 1 aliphatic carbocycles. The molecule has 0 spiro atoms. The Kier molecular flexibility index (Phi) is 4.45. The highest BCUT2D eigenvalue weighted by molar-refractivity contribution is 7.92.